The molecule has 1 unspecified atom stereocenters. The lowest BCUT2D eigenvalue weighted by Gasteiger charge is -2.19. The molecular formula is C12H17ClN2. The van der Waals surface area contributed by atoms with Gasteiger partial charge < -0.3 is 4.90 Å². The zero-order chi connectivity index (χ0) is 10.7. The molecule has 0 spiro atoms. The van der Waals surface area contributed by atoms with Gasteiger partial charge in [0.25, 0.3) is 0 Å². The normalized spacial score (nSPS) is 20.9. The van der Waals surface area contributed by atoms with Crippen LogP contribution in [-0.2, 0) is 0 Å². The number of halogens is 1. The molecular weight excluding hydrogens is 208 g/mol. The molecule has 2 nitrogen and oxygen atoms in total. The molecule has 0 bridgehead atoms. The van der Waals surface area contributed by atoms with E-state index in [1.165, 1.54) is 12.0 Å². The minimum absolute atomic E-state index is 0.754. The van der Waals surface area contributed by atoms with Gasteiger partial charge in [0.2, 0.25) is 0 Å². The van der Waals surface area contributed by atoms with E-state index in [9.17, 15) is 0 Å². The molecule has 0 aromatic carbocycles. The predicted octanol–water partition coefficient (Wildman–Crippen LogP) is 2.85. The van der Waals surface area contributed by atoms with Gasteiger partial charge in [-0.05, 0) is 37.3 Å². The second-order valence-electron chi connectivity index (χ2n) is 4.22. The van der Waals surface area contributed by atoms with Crippen LogP contribution in [0.15, 0.2) is 18.3 Å². The fourth-order valence-corrected chi connectivity index (χ4v) is 2.53. The molecule has 0 saturated carbocycles. The van der Waals surface area contributed by atoms with E-state index in [1.54, 1.807) is 0 Å². The maximum atomic E-state index is 5.77. The van der Waals surface area contributed by atoms with E-state index in [0.717, 1.165) is 37.1 Å². The average molecular weight is 225 g/mol. The van der Waals surface area contributed by atoms with Crippen LogP contribution in [0, 0.1) is 12.8 Å². The van der Waals surface area contributed by atoms with E-state index in [0.29, 0.717) is 0 Å². The summed E-state index contributed by atoms with van der Waals surface area (Å²) in [6.45, 7) is 4.36. The zero-order valence-corrected chi connectivity index (χ0v) is 9.87. The summed E-state index contributed by atoms with van der Waals surface area (Å²) in [5.41, 5.74) is 1.27. The SMILES string of the molecule is Cc1cccnc1N1CCC(CCCl)C1. The molecule has 1 aromatic rings. The standard InChI is InChI=1S/C12H17ClN2/c1-10-3-2-7-14-12(10)15-8-5-11(9-15)4-6-13/h2-3,7,11H,4-6,8-9H2,1H3. The first-order valence-electron chi connectivity index (χ1n) is 5.54. The van der Waals surface area contributed by atoms with E-state index in [1.807, 2.05) is 12.3 Å². The van der Waals surface area contributed by atoms with Crippen molar-refractivity contribution in [3.63, 3.8) is 0 Å². The Bertz CT molecular complexity index is 327. The number of alkyl halides is 1. The van der Waals surface area contributed by atoms with Crippen LogP contribution in [0.4, 0.5) is 5.82 Å². The van der Waals surface area contributed by atoms with Crippen LogP contribution >= 0.6 is 11.6 Å². The molecule has 0 N–H and O–H groups in total. The van der Waals surface area contributed by atoms with Crippen LogP contribution < -0.4 is 4.90 Å². The lowest BCUT2D eigenvalue weighted by molar-refractivity contribution is 0.572. The Labute approximate surface area is 96.3 Å². The fraction of sp³-hybridized carbons (Fsp3) is 0.583. The average Bonchev–Trinajstić information content (AvgIpc) is 2.68. The summed E-state index contributed by atoms with van der Waals surface area (Å²) in [6, 6.07) is 4.11. The summed E-state index contributed by atoms with van der Waals surface area (Å²) in [7, 11) is 0. The molecule has 2 rings (SSSR count). The molecule has 1 aliphatic rings. The van der Waals surface area contributed by atoms with Crippen LogP contribution in [-0.4, -0.2) is 24.0 Å². The third-order valence-corrected chi connectivity index (χ3v) is 3.30. The molecule has 1 aliphatic heterocycles. The van der Waals surface area contributed by atoms with Crippen molar-refractivity contribution in [2.24, 2.45) is 5.92 Å². The largest absolute Gasteiger partial charge is 0.356 e. The van der Waals surface area contributed by atoms with Crippen LogP contribution in [0.2, 0.25) is 0 Å². The van der Waals surface area contributed by atoms with Gasteiger partial charge >= 0.3 is 0 Å². The Balaban J connectivity index is 2.04. The van der Waals surface area contributed by atoms with Gasteiger partial charge in [-0.25, -0.2) is 4.98 Å². The lowest BCUT2D eigenvalue weighted by atomic mass is 10.1. The monoisotopic (exact) mass is 224 g/mol. The Morgan fingerprint density at radius 1 is 1.60 bits per heavy atom. The first-order chi connectivity index (χ1) is 7.31. The zero-order valence-electron chi connectivity index (χ0n) is 9.12. The van der Waals surface area contributed by atoms with Crippen molar-refractivity contribution in [2.75, 3.05) is 23.9 Å². The van der Waals surface area contributed by atoms with Gasteiger partial charge in [0.15, 0.2) is 0 Å². The van der Waals surface area contributed by atoms with Gasteiger partial charge in [0, 0.05) is 25.2 Å². The van der Waals surface area contributed by atoms with E-state index in [2.05, 4.69) is 22.9 Å². The highest BCUT2D eigenvalue weighted by atomic mass is 35.5. The molecule has 1 fully saturated rings. The van der Waals surface area contributed by atoms with E-state index < -0.39 is 0 Å². The number of nitrogens with zero attached hydrogens (tertiary/aromatic N) is 2. The highest BCUT2D eigenvalue weighted by molar-refractivity contribution is 6.17. The smallest absolute Gasteiger partial charge is 0.131 e. The number of hydrogen-bond donors (Lipinski definition) is 0. The number of hydrogen-bond acceptors (Lipinski definition) is 2. The topological polar surface area (TPSA) is 16.1 Å². The second-order valence-corrected chi connectivity index (χ2v) is 4.60. The number of aromatic nitrogens is 1. The van der Waals surface area contributed by atoms with Gasteiger partial charge in [0.1, 0.15) is 5.82 Å². The Morgan fingerprint density at radius 2 is 2.47 bits per heavy atom. The Hall–Kier alpha value is -0.760. The summed E-state index contributed by atoms with van der Waals surface area (Å²) in [5, 5.41) is 0. The van der Waals surface area contributed by atoms with Gasteiger partial charge in [-0.15, -0.1) is 11.6 Å². The molecule has 2 heterocycles. The first kappa shape index (κ1) is 10.7. The van der Waals surface area contributed by atoms with Crippen molar-refractivity contribution in [2.45, 2.75) is 19.8 Å². The summed E-state index contributed by atoms with van der Waals surface area (Å²) in [6.07, 6.45) is 4.25. The summed E-state index contributed by atoms with van der Waals surface area (Å²) >= 11 is 5.77. The van der Waals surface area contributed by atoms with Crippen LogP contribution in [0.3, 0.4) is 0 Å². The molecule has 0 amide bonds. The molecule has 1 atom stereocenters. The summed E-state index contributed by atoms with van der Waals surface area (Å²) < 4.78 is 0. The minimum Gasteiger partial charge on any atom is -0.356 e. The fourth-order valence-electron chi connectivity index (χ4n) is 2.22. The maximum Gasteiger partial charge on any atom is 0.131 e. The summed E-state index contributed by atoms with van der Waals surface area (Å²) in [5.74, 6) is 2.68. The Kier molecular flexibility index (Phi) is 3.47. The van der Waals surface area contributed by atoms with Gasteiger partial charge in [0.05, 0.1) is 0 Å². The highest BCUT2D eigenvalue weighted by Gasteiger charge is 2.23. The second kappa shape index (κ2) is 4.84. The molecule has 15 heavy (non-hydrogen) atoms. The quantitative estimate of drug-likeness (QED) is 0.734. The van der Waals surface area contributed by atoms with E-state index in [4.69, 9.17) is 11.6 Å². The molecule has 0 aliphatic carbocycles. The minimum atomic E-state index is 0.754. The van der Waals surface area contributed by atoms with E-state index in [-0.39, 0.29) is 0 Å². The molecule has 3 heteroatoms. The number of rotatable bonds is 3. The van der Waals surface area contributed by atoms with Crippen molar-refractivity contribution >= 4 is 17.4 Å². The molecule has 82 valence electrons. The lowest BCUT2D eigenvalue weighted by Crippen LogP contribution is -2.21. The number of pyridine rings is 1. The van der Waals surface area contributed by atoms with Crippen LogP contribution in [0.1, 0.15) is 18.4 Å². The number of aryl methyl sites for hydroxylation is 1. The van der Waals surface area contributed by atoms with Crippen molar-refractivity contribution in [3.8, 4) is 0 Å². The van der Waals surface area contributed by atoms with Crippen molar-refractivity contribution in [3.05, 3.63) is 23.9 Å². The predicted molar refractivity (Wildman–Crippen MR) is 64.6 cm³/mol. The first-order valence-corrected chi connectivity index (χ1v) is 6.07. The summed E-state index contributed by atoms with van der Waals surface area (Å²) in [4.78, 5) is 6.83. The van der Waals surface area contributed by atoms with Crippen LogP contribution in [0.25, 0.3) is 0 Å². The third kappa shape index (κ3) is 2.43. The third-order valence-electron chi connectivity index (χ3n) is 3.08. The van der Waals surface area contributed by atoms with Crippen molar-refractivity contribution < 1.29 is 0 Å². The van der Waals surface area contributed by atoms with Crippen LogP contribution in [0.5, 0.6) is 0 Å². The highest BCUT2D eigenvalue weighted by Crippen LogP contribution is 2.26. The van der Waals surface area contributed by atoms with Crippen molar-refractivity contribution in [1.82, 2.24) is 4.98 Å². The molecule has 0 radical (unpaired) electrons. The molecule has 1 aromatic heterocycles. The maximum absolute atomic E-state index is 5.77. The van der Waals surface area contributed by atoms with Gasteiger partial charge in [-0.3, -0.25) is 0 Å². The van der Waals surface area contributed by atoms with Crippen molar-refractivity contribution in [1.29, 1.82) is 0 Å². The van der Waals surface area contributed by atoms with Gasteiger partial charge in [-0.1, -0.05) is 6.07 Å². The number of anilines is 1. The Morgan fingerprint density at radius 3 is 3.20 bits per heavy atom. The molecule has 1 saturated heterocycles. The van der Waals surface area contributed by atoms with Gasteiger partial charge in [-0.2, -0.15) is 0 Å². The van der Waals surface area contributed by atoms with E-state index >= 15 is 0 Å².